The van der Waals surface area contributed by atoms with E-state index in [-0.39, 0.29) is 19.6 Å². The highest BCUT2D eigenvalue weighted by molar-refractivity contribution is 5.86. The quantitative estimate of drug-likeness (QED) is 0.269. The first-order chi connectivity index (χ1) is 16.7. The number of rotatable bonds is 10. The molecule has 7 heteroatoms. The van der Waals surface area contributed by atoms with Crippen molar-refractivity contribution in [2.45, 2.75) is 31.9 Å². The number of nitrogens with zero attached hydrogens (tertiary/aromatic N) is 1. The van der Waals surface area contributed by atoms with Crippen LogP contribution in [-0.4, -0.2) is 34.7 Å². The first kappa shape index (κ1) is 23.0. The average Bonchev–Trinajstić information content (AvgIpc) is 3.29. The Balaban J connectivity index is 1.36. The minimum Gasteiger partial charge on any atom is -0.459 e. The molecule has 174 valence electrons. The summed E-state index contributed by atoms with van der Waals surface area (Å²) in [6, 6.07) is 20.2. The Morgan fingerprint density at radius 2 is 1.74 bits per heavy atom. The highest BCUT2D eigenvalue weighted by atomic mass is 16.6. The molecule has 2 heterocycles. The predicted molar refractivity (Wildman–Crippen MR) is 129 cm³/mol. The number of aromatic amines is 1. The number of nitrogens with one attached hydrogen (secondary N) is 2. The van der Waals surface area contributed by atoms with Crippen LogP contribution in [0.15, 0.2) is 85.3 Å². The molecule has 1 unspecified atom stereocenters. The second-order valence-electron chi connectivity index (χ2n) is 7.95. The first-order valence-corrected chi connectivity index (χ1v) is 11.3. The number of para-hydroxylation sites is 1. The molecule has 4 aromatic rings. The van der Waals surface area contributed by atoms with Crippen molar-refractivity contribution < 1.29 is 19.1 Å². The summed E-state index contributed by atoms with van der Waals surface area (Å²) in [7, 11) is 0. The van der Waals surface area contributed by atoms with Gasteiger partial charge < -0.3 is 19.8 Å². The molecule has 1 amide bonds. The van der Waals surface area contributed by atoms with Crippen LogP contribution in [0, 0.1) is 0 Å². The van der Waals surface area contributed by atoms with E-state index in [9.17, 15) is 9.59 Å². The van der Waals surface area contributed by atoms with Crippen LogP contribution in [0.1, 0.15) is 23.1 Å². The molecule has 34 heavy (non-hydrogen) atoms. The van der Waals surface area contributed by atoms with Crippen molar-refractivity contribution in [1.29, 1.82) is 0 Å². The first-order valence-electron chi connectivity index (χ1n) is 11.3. The molecule has 0 spiro atoms. The lowest BCUT2D eigenvalue weighted by Gasteiger charge is -2.17. The lowest BCUT2D eigenvalue weighted by Crippen LogP contribution is -2.43. The number of fused-ring (bicyclic) bond motifs is 1. The van der Waals surface area contributed by atoms with Crippen molar-refractivity contribution in [3.05, 3.63) is 102 Å². The Kier molecular flexibility index (Phi) is 7.90. The number of carbonyl (C=O) groups is 2. The van der Waals surface area contributed by atoms with Gasteiger partial charge in [0.15, 0.2) is 0 Å². The van der Waals surface area contributed by atoms with Gasteiger partial charge in [-0.2, -0.15) is 0 Å². The van der Waals surface area contributed by atoms with E-state index in [2.05, 4.69) is 15.3 Å². The third kappa shape index (κ3) is 6.45. The average molecular weight is 458 g/mol. The van der Waals surface area contributed by atoms with E-state index in [0.717, 1.165) is 34.0 Å². The maximum atomic E-state index is 12.9. The van der Waals surface area contributed by atoms with Crippen molar-refractivity contribution in [2.75, 3.05) is 6.61 Å². The van der Waals surface area contributed by atoms with Crippen molar-refractivity contribution in [1.82, 2.24) is 15.3 Å². The largest absolute Gasteiger partial charge is 0.459 e. The number of esters is 1. The standard InChI is InChI=1S/C27H27N3O4/c31-26(34-19-21-8-2-1-3-9-21)25(16-22-18-29-24-13-5-4-12-23(22)24)30-27(32)33-15-7-11-20-10-6-14-28-17-20/h1-6,8-10,12-14,17-18,25,29H,7,11,15-16,19H2,(H,30,32). The zero-order valence-electron chi connectivity index (χ0n) is 18.8. The van der Waals surface area contributed by atoms with Crippen molar-refractivity contribution in [3.63, 3.8) is 0 Å². The minimum absolute atomic E-state index is 0.131. The van der Waals surface area contributed by atoms with E-state index in [1.807, 2.05) is 72.9 Å². The van der Waals surface area contributed by atoms with Gasteiger partial charge in [0, 0.05) is 35.9 Å². The second-order valence-corrected chi connectivity index (χ2v) is 7.95. The number of ether oxygens (including phenoxy) is 2. The highest BCUT2D eigenvalue weighted by Crippen LogP contribution is 2.19. The van der Waals surface area contributed by atoms with Gasteiger partial charge in [-0.3, -0.25) is 4.98 Å². The Labute approximate surface area is 198 Å². The fourth-order valence-electron chi connectivity index (χ4n) is 3.71. The van der Waals surface area contributed by atoms with Crippen LogP contribution in [0.2, 0.25) is 0 Å². The van der Waals surface area contributed by atoms with Crippen molar-refractivity contribution >= 4 is 23.0 Å². The molecule has 2 aromatic heterocycles. The van der Waals surface area contributed by atoms with E-state index in [1.54, 1.807) is 12.4 Å². The van der Waals surface area contributed by atoms with E-state index in [1.165, 1.54) is 0 Å². The van der Waals surface area contributed by atoms with Crippen LogP contribution in [0.4, 0.5) is 4.79 Å². The fourth-order valence-corrected chi connectivity index (χ4v) is 3.71. The molecule has 7 nitrogen and oxygen atoms in total. The summed E-state index contributed by atoms with van der Waals surface area (Å²) in [4.78, 5) is 32.7. The van der Waals surface area contributed by atoms with E-state index < -0.39 is 18.1 Å². The van der Waals surface area contributed by atoms with Crippen LogP contribution >= 0.6 is 0 Å². The lowest BCUT2D eigenvalue weighted by atomic mass is 10.1. The topological polar surface area (TPSA) is 93.3 Å². The molecule has 0 aliphatic heterocycles. The Morgan fingerprint density at radius 3 is 2.56 bits per heavy atom. The molecule has 0 saturated carbocycles. The summed E-state index contributed by atoms with van der Waals surface area (Å²) in [5.74, 6) is -0.513. The van der Waals surface area contributed by atoms with Crippen LogP contribution in [0.3, 0.4) is 0 Å². The molecule has 0 aliphatic rings. The van der Waals surface area contributed by atoms with Crippen LogP contribution in [0.25, 0.3) is 10.9 Å². The molecule has 4 rings (SSSR count). The van der Waals surface area contributed by atoms with Crippen LogP contribution in [-0.2, 0) is 33.7 Å². The maximum Gasteiger partial charge on any atom is 0.407 e. The molecule has 2 N–H and O–H groups in total. The van der Waals surface area contributed by atoms with Crippen LogP contribution < -0.4 is 5.32 Å². The lowest BCUT2D eigenvalue weighted by molar-refractivity contribution is -0.147. The van der Waals surface area contributed by atoms with E-state index >= 15 is 0 Å². The number of benzene rings is 2. The zero-order valence-corrected chi connectivity index (χ0v) is 18.8. The summed E-state index contributed by atoms with van der Waals surface area (Å²) < 4.78 is 10.8. The van der Waals surface area contributed by atoms with Crippen molar-refractivity contribution in [2.24, 2.45) is 0 Å². The summed E-state index contributed by atoms with van der Waals surface area (Å²) in [5, 5.41) is 3.69. The summed E-state index contributed by atoms with van der Waals surface area (Å²) >= 11 is 0. The van der Waals surface area contributed by atoms with Gasteiger partial charge in [0.1, 0.15) is 12.6 Å². The third-order valence-corrected chi connectivity index (χ3v) is 5.47. The number of hydrogen-bond acceptors (Lipinski definition) is 5. The normalized spacial score (nSPS) is 11.6. The van der Waals surface area contributed by atoms with Gasteiger partial charge in [0.05, 0.1) is 6.61 Å². The molecule has 2 aromatic carbocycles. The summed E-state index contributed by atoms with van der Waals surface area (Å²) in [5.41, 5.74) is 3.83. The Hall–Kier alpha value is -4.13. The van der Waals surface area contributed by atoms with Crippen molar-refractivity contribution in [3.8, 4) is 0 Å². The minimum atomic E-state index is -0.881. The predicted octanol–water partition coefficient (Wildman–Crippen LogP) is 4.58. The molecule has 0 saturated heterocycles. The van der Waals surface area contributed by atoms with Gasteiger partial charge in [-0.25, -0.2) is 9.59 Å². The van der Waals surface area contributed by atoms with E-state index in [4.69, 9.17) is 9.47 Å². The zero-order chi connectivity index (χ0) is 23.6. The molecule has 1 atom stereocenters. The fraction of sp³-hybridized carbons (Fsp3) is 0.222. The number of alkyl carbamates (subject to hydrolysis) is 1. The second kappa shape index (κ2) is 11.7. The third-order valence-electron chi connectivity index (χ3n) is 5.47. The SMILES string of the molecule is O=C(NC(Cc1c[nH]c2ccccc12)C(=O)OCc1ccccc1)OCCCc1cccnc1. The number of pyridine rings is 1. The number of aryl methyl sites for hydroxylation is 1. The van der Waals surface area contributed by atoms with Gasteiger partial charge in [-0.05, 0) is 41.7 Å². The van der Waals surface area contributed by atoms with Crippen LogP contribution in [0.5, 0.6) is 0 Å². The van der Waals surface area contributed by atoms with Gasteiger partial charge in [-0.15, -0.1) is 0 Å². The molecular weight excluding hydrogens is 430 g/mol. The monoisotopic (exact) mass is 457 g/mol. The van der Waals surface area contributed by atoms with Gasteiger partial charge >= 0.3 is 12.1 Å². The molecule has 0 fully saturated rings. The van der Waals surface area contributed by atoms with Gasteiger partial charge in [0.2, 0.25) is 0 Å². The number of hydrogen-bond donors (Lipinski definition) is 2. The number of amides is 1. The Morgan fingerprint density at radius 1 is 0.941 bits per heavy atom. The molecule has 0 radical (unpaired) electrons. The Bertz CT molecular complexity index is 1210. The number of carbonyl (C=O) groups excluding carboxylic acids is 2. The van der Waals surface area contributed by atoms with E-state index in [0.29, 0.717) is 6.42 Å². The molecule has 0 bridgehead atoms. The maximum absolute atomic E-state index is 12.9. The molecule has 0 aliphatic carbocycles. The van der Waals surface area contributed by atoms with Gasteiger partial charge in [-0.1, -0.05) is 54.6 Å². The summed E-state index contributed by atoms with van der Waals surface area (Å²) in [6.45, 7) is 0.367. The number of aromatic nitrogens is 2. The summed E-state index contributed by atoms with van der Waals surface area (Å²) in [6.07, 6.45) is 6.40. The van der Waals surface area contributed by atoms with Gasteiger partial charge in [0.25, 0.3) is 0 Å². The molecular formula is C27H27N3O4. The highest BCUT2D eigenvalue weighted by Gasteiger charge is 2.25. The smallest absolute Gasteiger partial charge is 0.407 e. The number of H-pyrrole nitrogens is 1.